The molecule has 3 heterocycles. The normalized spacial score (nSPS) is 20.5. The zero-order valence-electron chi connectivity index (χ0n) is 11.6. The van der Waals surface area contributed by atoms with E-state index in [-0.39, 0.29) is 5.92 Å². The van der Waals surface area contributed by atoms with Gasteiger partial charge in [-0.25, -0.2) is 12.7 Å². The molecule has 112 valence electrons. The maximum atomic E-state index is 11.6. The molecule has 1 saturated heterocycles. The summed E-state index contributed by atoms with van der Waals surface area (Å²) in [6.07, 6.45) is 6.21. The first-order valence-electron chi connectivity index (χ1n) is 6.73. The summed E-state index contributed by atoms with van der Waals surface area (Å²) in [5.41, 5.74) is 0.781. The van der Waals surface area contributed by atoms with Crippen molar-refractivity contribution in [2.75, 3.05) is 19.3 Å². The van der Waals surface area contributed by atoms with E-state index in [1.54, 1.807) is 18.5 Å². The Morgan fingerprint density at radius 2 is 2.29 bits per heavy atom. The zero-order valence-corrected chi connectivity index (χ0v) is 12.5. The van der Waals surface area contributed by atoms with Crippen molar-refractivity contribution in [3.63, 3.8) is 0 Å². The first-order chi connectivity index (χ1) is 10.0. The average molecular weight is 308 g/mol. The maximum Gasteiger partial charge on any atom is 0.231 e. The first-order valence-corrected chi connectivity index (χ1v) is 8.58. The molecule has 0 N–H and O–H groups in total. The number of aromatic nitrogens is 3. The summed E-state index contributed by atoms with van der Waals surface area (Å²) in [7, 11) is -3.18. The van der Waals surface area contributed by atoms with Gasteiger partial charge in [0.15, 0.2) is 0 Å². The Bertz CT molecular complexity index is 714. The minimum absolute atomic E-state index is 0.0496. The molecule has 1 aliphatic heterocycles. The van der Waals surface area contributed by atoms with Gasteiger partial charge in [-0.2, -0.15) is 4.98 Å². The van der Waals surface area contributed by atoms with Crippen LogP contribution in [0.3, 0.4) is 0 Å². The van der Waals surface area contributed by atoms with Gasteiger partial charge in [0, 0.05) is 31.0 Å². The van der Waals surface area contributed by atoms with Gasteiger partial charge in [0.25, 0.3) is 0 Å². The van der Waals surface area contributed by atoms with Crippen LogP contribution in [0.25, 0.3) is 11.4 Å². The third-order valence-corrected chi connectivity index (χ3v) is 4.83. The maximum absolute atomic E-state index is 11.6. The topological polar surface area (TPSA) is 89.2 Å². The molecule has 0 saturated carbocycles. The molecule has 0 aromatic carbocycles. The first kappa shape index (κ1) is 14.2. The van der Waals surface area contributed by atoms with Crippen molar-refractivity contribution in [1.29, 1.82) is 0 Å². The number of rotatable bonds is 3. The zero-order chi connectivity index (χ0) is 14.9. The molecule has 8 heteroatoms. The number of pyridine rings is 1. The molecule has 0 radical (unpaired) electrons. The largest absolute Gasteiger partial charge is 0.339 e. The molecule has 2 aromatic heterocycles. The van der Waals surface area contributed by atoms with Crippen LogP contribution in [0.15, 0.2) is 29.0 Å². The summed E-state index contributed by atoms with van der Waals surface area (Å²) < 4.78 is 30.1. The molecule has 0 bridgehead atoms. The fraction of sp³-hybridized carbons (Fsp3) is 0.462. The summed E-state index contributed by atoms with van der Waals surface area (Å²) in [5.74, 6) is 0.920. The number of sulfonamides is 1. The van der Waals surface area contributed by atoms with Gasteiger partial charge >= 0.3 is 0 Å². The van der Waals surface area contributed by atoms with E-state index in [9.17, 15) is 8.42 Å². The van der Waals surface area contributed by atoms with Crippen LogP contribution in [-0.2, 0) is 10.0 Å². The second-order valence-electron chi connectivity index (χ2n) is 5.16. The molecule has 2 aromatic rings. The number of piperidine rings is 1. The molecule has 1 aliphatic rings. The van der Waals surface area contributed by atoms with Crippen LogP contribution in [0.4, 0.5) is 0 Å². The Morgan fingerprint density at radius 1 is 1.43 bits per heavy atom. The summed E-state index contributed by atoms with van der Waals surface area (Å²) in [4.78, 5) is 8.40. The van der Waals surface area contributed by atoms with Gasteiger partial charge in [-0.3, -0.25) is 4.98 Å². The summed E-state index contributed by atoms with van der Waals surface area (Å²) in [5, 5.41) is 3.95. The molecule has 0 unspecified atom stereocenters. The highest BCUT2D eigenvalue weighted by Gasteiger charge is 2.30. The SMILES string of the molecule is CS(=O)(=O)N1CCC[C@@H](c2nc(-c3cccnc3)no2)C1. The quantitative estimate of drug-likeness (QED) is 0.848. The van der Waals surface area contributed by atoms with Gasteiger partial charge in [-0.1, -0.05) is 5.16 Å². The predicted molar refractivity (Wildman–Crippen MR) is 75.9 cm³/mol. The number of hydrogen-bond acceptors (Lipinski definition) is 6. The van der Waals surface area contributed by atoms with E-state index in [1.165, 1.54) is 10.6 Å². The molecule has 1 atom stereocenters. The Labute approximate surface area is 123 Å². The van der Waals surface area contributed by atoms with Crippen molar-refractivity contribution >= 4 is 10.0 Å². The lowest BCUT2D eigenvalue weighted by molar-refractivity contribution is 0.266. The molecular formula is C13H16N4O3S. The second-order valence-corrected chi connectivity index (χ2v) is 7.14. The minimum atomic E-state index is -3.18. The van der Waals surface area contributed by atoms with Crippen LogP contribution in [0.5, 0.6) is 0 Å². The van der Waals surface area contributed by atoms with Crippen LogP contribution in [-0.4, -0.2) is 47.2 Å². The average Bonchev–Trinajstić information content (AvgIpc) is 2.97. The Kier molecular flexibility index (Phi) is 3.73. The fourth-order valence-corrected chi connectivity index (χ4v) is 3.37. The summed E-state index contributed by atoms with van der Waals surface area (Å²) in [6, 6.07) is 3.66. The lowest BCUT2D eigenvalue weighted by Gasteiger charge is -2.28. The highest BCUT2D eigenvalue weighted by molar-refractivity contribution is 7.88. The lowest BCUT2D eigenvalue weighted by Crippen LogP contribution is -2.38. The van der Waals surface area contributed by atoms with Crippen LogP contribution in [0.2, 0.25) is 0 Å². The predicted octanol–water partition coefficient (Wildman–Crippen LogP) is 1.27. The Morgan fingerprint density at radius 3 is 3.00 bits per heavy atom. The van der Waals surface area contributed by atoms with Crippen LogP contribution < -0.4 is 0 Å². The van der Waals surface area contributed by atoms with Gasteiger partial charge < -0.3 is 4.52 Å². The summed E-state index contributed by atoms with van der Waals surface area (Å²) in [6.45, 7) is 0.951. The van der Waals surface area contributed by atoms with Gasteiger partial charge in [-0.15, -0.1) is 0 Å². The van der Waals surface area contributed by atoms with E-state index < -0.39 is 10.0 Å². The molecule has 0 spiro atoms. The molecule has 3 rings (SSSR count). The third kappa shape index (κ3) is 3.11. The second kappa shape index (κ2) is 5.53. The highest BCUT2D eigenvalue weighted by atomic mass is 32.2. The van der Waals surface area contributed by atoms with Gasteiger partial charge in [0.05, 0.1) is 12.2 Å². The van der Waals surface area contributed by atoms with E-state index in [0.717, 1.165) is 18.4 Å². The van der Waals surface area contributed by atoms with Crippen LogP contribution >= 0.6 is 0 Å². The van der Waals surface area contributed by atoms with Crippen molar-refractivity contribution in [2.45, 2.75) is 18.8 Å². The Hall–Kier alpha value is -1.80. The van der Waals surface area contributed by atoms with Gasteiger partial charge in [0.2, 0.25) is 21.7 Å². The van der Waals surface area contributed by atoms with E-state index >= 15 is 0 Å². The lowest BCUT2D eigenvalue weighted by atomic mass is 10.00. The van der Waals surface area contributed by atoms with Crippen molar-refractivity contribution < 1.29 is 12.9 Å². The van der Waals surface area contributed by atoms with Crippen molar-refractivity contribution in [3.05, 3.63) is 30.4 Å². The smallest absolute Gasteiger partial charge is 0.231 e. The van der Waals surface area contributed by atoms with Gasteiger partial charge in [-0.05, 0) is 25.0 Å². The van der Waals surface area contributed by atoms with Crippen molar-refractivity contribution in [1.82, 2.24) is 19.4 Å². The molecule has 1 fully saturated rings. The molecule has 0 amide bonds. The molecular weight excluding hydrogens is 292 g/mol. The summed E-state index contributed by atoms with van der Waals surface area (Å²) >= 11 is 0. The van der Waals surface area contributed by atoms with E-state index in [0.29, 0.717) is 24.8 Å². The van der Waals surface area contributed by atoms with Gasteiger partial charge in [0.1, 0.15) is 0 Å². The number of hydrogen-bond donors (Lipinski definition) is 0. The monoisotopic (exact) mass is 308 g/mol. The van der Waals surface area contributed by atoms with E-state index in [2.05, 4.69) is 15.1 Å². The Balaban J connectivity index is 1.80. The fourth-order valence-electron chi connectivity index (χ4n) is 2.46. The molecule has 21 heavy (non-hydrogen) atoms. The standard InChI is InChI=1S/C13H16N4O3S/c1-21(18,19)17-7-3-5-11(9-17)13-15-12(16-20-13)10-4-2-6-14-8-10/h2,4,6,8,11H,3,5,7,9H2,1H3/t11-/m1/s1. The minimum Gasteiger partial charge on any atom is -0.339 e. The van der Waals surface area contributed by atoms with Crippen LogP contribution in [0.1, 0.15) is 24.7 Å². The van der Waals surface area contributed by atoms with E-state index in [4.69, 9.17) is 4.52 Å². The van der Waals surface area contributed by atoms with Crippen LogP contribution in [0, 0.1) is 0 Å². The highest BCUT2D eigenvalue weighted by Crippen LogP contribution is 2.28. The van der Waals surface area contributed by atoms with Crippen molar-refractivity contribution in [3.8, 4) is 11.4 Å². The number of nitrogens with zero attached hydrogens (tertiary/aromatic N) is 4. The van der Waals surface area contributed by atoms with Crippen molar-refractivity contribution in [2.24, 2.45) is 0 Å². The third-order valence-electron chi connectivity index (χ3n) is 3.56. The molecule has 0 aliphatic carbocycles. The van der Waals surface area contributed by atoms with E-state index in [1.807, 2.05) is 6.07 Å². The molecule has 7 nitrogen and oxygen atoms in total.